The molecule has 11 heavy (non-hydrogen) atoms. The van der Waals surface area contributed by atoms with Gasteiger partial charge in [-0.2, -0.15) is 0 Å². The van der Waals surface area contributed by atoms with E-state index in [0.29, 0.717) is 6.42 Å². The maximum atomic E-state index is 10.8. The van der Waals surface area contributed by atoms with E-state index in [4.69, 9.17) is 4.89 Å². The number of carbonyl (C=O) groups is 1. The van der Waals surface area contributed by atoms with Crippen molar-refractivity contribution in [2.45, 2.75) is 13.3 Å². The molecule has 4 nitrogen and oxygen atoms in total. The Morgan fingerprint density at radius 3 is 2.73 bits per heavy atom. The van der Waals surface area contributed by atoms with Gasteiger partial charge in [0.25, 0.3) is 0 Å². The highest BCUT2D eigenvalue weighted by Crippen LogP contribution is 2.42. The van der Waals surface area contributed by atoms with Gasteiger partial charge in [0.05, 0.1) is 6.16 Å². The highest BCUT2D eigenvalue weighted by atomic mass is 31.2. The fourth-order valence-corrected chi connectivity index (χ4v) is 1.52. The van der Waals surface area contributed by atoms with Crippen LogP contribution in [0.15, 0.2) is 12.7 Å². The number of hydrogen-bond acceptors (Lipinski definition) is 3. The minimum absolute atomic E-state index is 0.00736. The van der Waals surface area contributed by atoms with Gasteiger partial charge < -0.3 is 9.42 Å². The maximum absolute atomic E-state index is 10.8. The Bertz CT molecular complexity index is 199. The van der Waals surface area contributed by atoms with Gasteiger partial charge in [0, 0.05) is 6.08 Å². The Balaban J connectivity index is 4.01. The second kappa shape index (κ2) is 4.31. The van der Waals surface area contributed by atoms with E-state index in [1.165, 1.54) is 0 Å². The summed E-state index contributed by atoms with van der Waals surface area (Å²) < 4.78 is 15.0. The van der Waals surface area contributed by atoms with E-state index in [0.717, 1.165) is 6.08 Å². The molecule has 0 saturated carbocycles. The maximum Gasteiger partial charge on any atom is 0.378 e. The molecule has 0 fully saturated rings. The second-order valence-electron chi connectivity index (χ2n) is 1.98. The third-order valence-electron chi connectivity index (χ3n) is 0.905. The van der Waals surface area contributed by atoms with Gasteiger partial charge in [-0.15, -0.1) is 0 Å². The molecule has 0 aliphatic heterocycles. The van der Waals surface area contributed by atoms with Gasteiger partial charge in [-0.1, -0.05) is 13.5 Å². The summed E-state index contributed by atoms with van der Waals surface area (Å²) in [4.78, 5) is 19.3. The Morgan fingerprint density at radius 1 is 1.82 bits per heavy atom. The van der Waals surface area contributed by atoms with Crippen LogP contribution in [0.3, 0.4) is 0 Å². The minimum Gasteiger partial charge on any atom is -0.388 e. The van der Waals surface area contributed by atoms with Gasteiger partial charge in [0.2, 0.25) is 0 Å². The van der Waals surface area contributed by atoms with Crippen molar-refractivity contribution in [3.8, 4) is 0 Å². The predicted octanol–water partition coefficient (Wildman–Crippen LogP) is 1.31. The molecule has 1 atom stereocenters. The number of rotatable bonds is 4. The molecule has 0 amide bonds. The Hall–Kier alpha value is -0.600. The quantitative estimate of drug-likeness (QED) is 0.520. The van der Waals surface area contributed by atoms with Crippen LogP contribution in [0.5, 0.6) is 0 Å². The summed E-state index contributed by atoms with van der Waals surface area (Å²) in [7, 11) is -3.69. The van der Waals surface area contributed by atoms with E-state index in [9.17, 15) is 9.36 Å². The molecule has 0 aromatic carbocycles. The van der Waals surface area contributed by atoms with Gasteiger partial charge in [0.1, 0.15) is 0 Å². The Kier molecular flexibility index (Phi) is 4.08. The fraction of sp³-hybridized carbons (Fsp3) is 0.500. The van der Waals surface area contributed by atoms with Crippen LogP contribution in [0.1, 0.15) is 13.3 Å². The summed E-state index contributed by atoms with van der Waals surface area (Å²) in [6.07, 6.45) is 1.35. The molecule has 1 N–H and O–H groups in total. The number of hydrogen-bond donors (Lipinski definition) is 1. The zero-order valence-corrected chi connectivity index (χ0v) is 7.21. The molecule has 0 saturated heterocycles. The van der Waals surface area contributed by atoms with Crippen molar-refractivity contribution < 1.29 is 18.8 Å². The van der Waals surface area contributed by atoms with Crippen molar-refractivity contribution in [2.75, 3.05) is 6.16 Å². The molecule has 0 spiro atoms. The number of carbonyl (C=O) groups excluding carboxylic acids is 1. The summed E-state index contributed by atoms with van der Waals surface area (Å²) in [5.74, 6) is -0.857. The summed E-state index contributed by atoms with van der Waals surface area (Å²) >= 11 is 0. The lowest BCUT2D eigenvalue weighted by atomic mass is 10.6. The first-order chi connectivity index (χ1) is 5.02. The van der Waals surface area contributed by atoms with Crippen molar-refractivity contribution in [1.29, 1.82) is 0 Å². The first kappa shape index (κ1) is 10.4. The van der Waals surface area contributed by atoms with E-state index in [2.05, 4.69) is 11.1 Å². The van der Waals surface area contributed by atoms with Crippen molar-refractivity contribution in [3.63, 3.8) is 0 Å². The molecule has 0 rings (SSSR count). The van der Waals surface area contributed by atoms with E-state index >= 15 is 0 Å². The summed E-state index contributed by atoms with van der Waals surface area (Å²) in [6, 6.07) is 0. The molecule has 0 aliphatic rings. The topological polar surface area (TPSA) is 63.6 Å². The third kappa shape index (κ3) is 4.76. The molecule has 0 aromatic heterocycles. The van der Waals surface area contributed by atoms with Crippen molar-refractivity contribution in [2.24, 2.45) is 0 Å². The molecular weight excluding hydrogens is 167 g/mol. The van der Waals surface area contributed by atoms with Crippen LogP contribution in [0, 0.1) is 0 Å². The van der Waals surface area contributed by atoms with Crippen LogP contribution in [0.4, 0.5) is 0 Å². The zero-order valence-electron chi connectivity index (χ0n) is 6.32. The largest absolute Gasteiger partial charge is 0.388 e. The molecule has 5 heteroatoms. The third-order valence-corrected chi connectivity index (χ3v) is 2.38. The monoisotopic (exact) mass is 178 g/mol. The van der Waals surface area contributed by atoms with Gasteiger partial charge in [0.15, 0.2) is 0 Å². The second-order valence-corrected chi connectivity index (χ2v) is 3.88. The highest BCUT2D eigenvalue weighted by Gasteiger charge is 2.20. The zero-order chi connectivity index (χ0) is 8.91. The Morgan fingerprint density at radius 2 is 2.36 bits per heavy atom. The van der Waals surface area contributed by atoms with Crippen LogP contribution in [-0.2, 0) is 13.9 Å². The molecule has 0 aliphatic carbocycles. The molecule has 64 valence electrons. The van der Waals surface area contributed by atoms with Crippen molar-refractivity contribution in [3.05, 3.63) is 12.7 Å². The van der Waals surface area contributed by atoms with E-state index in [-0.39, 0.29) is 6.16 Å². The van der Waals surface area contributed by atoms with Gasteiger partial charge in [-0.05, 0) is 6.42 Å². The SMILES string of the molecule is C=CC(=O)OP(=O)(O)CCC. The standard InChI is InChI=1S/C6H11O4P/c1-3-5-11(8,9)10-6(7)4-2/h4H,2-3,5H2,1H3,(H,8,9). The molecule has 0 bridgehead atoms. The average Bonchev–Trinajstić information content (AvgIpc) is 1.86. The van der Waals surface area contributed by atoms with Crippen LogP contribution in [0.2, 0.25) is 0 Å². The van der Waals surface area contributed by atoms with E-state index < -0.39 is 13.6 Å². The van der Waals surface area contributed by atoms with Crippen molar-refractivity contribution >= 4 is 13.6 Å². The molecular formula is C6H11O4P. The van der Waals surface area contributed by atoms with Crippen LogP contribution < -0.4 is 0 Å². The first-order valence-electron chi connectivity index (χ1n) is 3.19. The fourth-order valence-electron chi connectivity index (χ4n) is 0.506. The van der Waals surface area contributed by atoms with E-state index in [1.54, 1.807) is 6.92 Å². The molecule has 0 heterocycles. The lowest BCUT2D eigenvalue weighted by Gasteiger charge is -2.08. The highest BCUT2D eigenvalue weighted by molar-refractivity contribution is 7.53. The minimum atomic E-state index is -3.69. The van der Waals surface area contributed by atoms with Crippen LogP contribution in [-0.4, -0.2) is 17.0 Å². The van der Waals surface area contributed by atoms with Crippen LogP contribution in [0.25, 0.3) is 0 Å². The molecule has 0 aromatic rings. The van der Waals surface area contributed by atoms with E-state index in [1.807, 2.05) is 0 Å². The van der Waals surface area contributed by atoms with Gasteiger partial charge in [-0.25, -0.2) is 9.36 Å². The summed E-state index contributed by atoms with van der Waals surface area (Å²) in [5, 5.41) is 0. The predicted molar refractivity (Wildman–Crippen MR) is 41.3 cm³/mol. The van der Waals surface area contributed by atoms with Gasteiger partial charge >= 0.3 is 13.6 Å². The molecule has 1 unspecified atom stereocenters. The lowest BCUT2D eigenvalue weighted by Crippen LogP contribution is -2.00. The summed E-state index contributed by atoms with van der Waals surface area (Å²) in [6.45, 7) is 4.82. The Labute approximate surface area is 65.4 Å². The first-order valence-corrected chi connectivity index (χ1v) is 4.96. The summed E-state index contributed by atoms with van der Waals surface area (Å²) in [5.41, 5.74) is 0. The normalized spacial score (nSPS) is 15.1. The molecule has 0 radical (unpaired) electrons. The van der Waals surface area contributed by atoms with Crippen LogP contribution >= 0.6 is 7.60 Å². The smallest absolute Gasteiger partial charge is 0.378 e. The average molecular weight is 178 g/mol. The lowest BCUT2D eigenvalue weighted by molar-refractivity contribution is -0.129. The van der Waals surface area contributed by atoms with Crippen molar-refractivity contribution in [1.82, 2.24) is 0 Å². The van der Waals surface area contributed by atoms with Gasteiger partial charge in [-0.3, -0.25) is 0 Å².